The molecule has 0 aliphatic carbocycles. The third-order valence-electron chi connectivity index (χ3n) is 6.87. The fraction of sp³-hybridized carbons (Fsp3) is 0.172. The van der Waals surface area contributed by atoms with Crippen LogP contribution in [0.25, 0.3) is 33.3 Å². The van der Waals surface area contributed by atoms with Gasteiger partial charge < -0.3 is 4.90 Å². The molecule has 0 unspecified atom stereocenters. The summed E-state index contributed by atoms with van der Waals surface area (Å²) in [5.41, 5.74) is 8.13. The maximum Gasteiger partial charge on any atom is 0.147 e. The lowest BCUT2D eigenvalue weighted by Gasteiger charge is -2.30. The predicted octanol–water partition coefficient (Wildman–Crippen LogP) is 5.88. The number of aromatic amines is 1. The molecule has 0 amide bonds. The summed E-state index contributed by atoms with van der Waals surface area (Å²) >= 11 is 0. The normalized spacial score (nSPS) is 13.0. The van der Waals surface area contributed by atoms with Crippen LogP contribution in [0, 0.1) is 31.0 Å². The Morgan fingerprint density at radius 3 is 2.75 bits per heavy atom. The Balaban J connectivity index is 1.44. The lowest BCUT2D eigenvalue weighted by Crippen LogP contribution is -2.31. The summed E-state index contributed by atoms with van der Waals surface area (Å²) in [6.45, 7) is 5.43. The van der Waals surface area contributed by atoms with Crippen LogP contribution in [0.4, 0.5) is 10.2 Å². The van der Waals surface area contributed by atoms with E-state index in [-0.39, 0.29) is 5.82 Å². The van der Waals surface area contributed by atoms with Crippen molar-refractivity contribution < 1.29 is 4.39 Å². The second-order valence-corrected chi connectivity index (χ2v) is 9.23. The summed E-state index contributed by atoms with van der Waals surface area (Å²) in [4.78, 5) is 11.2. The molecule has 0 fully saturated rings. The molecule has 0 spiro atoms. The van der Waals surface area contributed by atoms with Crippen molar-refractivity contribution in [1.29, 1.82) is 5.26 Å². The van der Waals surface area contributed by atoms with E-state index in [4.69, 9.17) is 0 Å². The number of hydrogen-bond acceptors (Lipinski definition) is 5. The lowest BCUT2D eigenvalue weighted by atomic mass is 9.92. The zero-order chi connectivity index (χ0) is 24.8. The fourth-order valence-corrected chi connectivity index (χ4v) is 5.06. The van der Waals surface area contributed by atoms with Crippen molar-refractivity contribution >= 4 is 16.7 Å². The van der Waals surface area contributed by atoms with Crippen molar-refractivity contribution in [2.45, 2.75) is 26.8 Å². The van der Waals surface area contributed by atoms with Crippen molar-refractivity contribution in [3.05, 3.63) is 94.7 Å². The number of halogens is 1. The van der Waals surface area contributed by atoms with Gasteiger partial charge in [-0.3, -0.25) is 10.1 Å². The van der Waals surface area contributed by atoms with E-state index in [1.807, 2.05) is 32.2 Å². The van der Waals surface area contributed by atoms with Crippen molar-refractivity contribution in [2.24, 2.45) is 0 Å². The summed E-state index contributed by atoms with van der Waals surface area (Å²) in [6, 6.07) is 17.2. The van der Waals surface area contributed by atoms with Gasteiger partial charge in [-0.1, -0.05) is 24.3 Å². The molecule has 1 aliphatic heterocycles. The summed E-state index contributed by atoms with van der Waals surface area (Å²) in [5, 5.41) is 18.3. The molecule has 0 saturated carbocycles. The highest BCUT2D eigenvalue weighted by Gasteiger charge is 2.21. The van der Waals surface area contributed by atoms with Gasteiger partial charge >= 0.3 is 0 Å². The Bertz CT molecular complexity index is 1660. The van der Waals surface area contributed by atoms with Gasteiger partial charge in [0.05, 0.1) is 34.7 Å². The van der Waals surface area contributed by atoms with Gasteiger partial charge in [-0.2, -0.15) is 10.4 Å². The smallest absolute Gasteiger partial charge is 0.147 e. The van der Waals surface area contributed by atoms with E-state index < -0.39 is 0 Å². The summed E-state index contributed by atoms with van der Waals surface area (Å²) in [6.07, 6.45) is 4.49. The van der Waals surface area contributed by atoms with Crippen LogP contribution in [0.3, 0.4) is 0 Å². The molecule has 3 aromatic carbocycles. The van der Waals surface area contributed by atoms with Crippen molar-refractivity contribution in [3.63, 3.8) is 0 Å². The van der Waals surface area contributed by atoms with E-state index >= 15 is 0 Å². The van der Waals surface area contributed by atoms with E-state index in [1.165, 1.54) is 17.2 Å². The number of hydrogen-bond donors (Lipinski definition) is 1. The molecule has 6 nitrogen and oxygen atoms in total. The van der Waals surface area contributed by atoms with Crippen LogP contribution in [0.1, 0.15) is 27.9 Å². The molecule has 36 heavy (non-hydrogen) atoms. The van der Waals surface area contributed by atoms with Gasteiger partial charge in [0.15, 0.2) is 0 Å². The number of aryl methyl sites for hydroxylation is 2. The van der Waals surface area contributed by atoms with E-state index in [9.17, 15) is 9.65 Å². The van der Waals surface area contributed by atoms with Crippen molar-refractivity contribution in [1.82, 2.24) is 20.2 Å². The minimum absolute atomic E-state index is 0.344. The first kappa shape index (κ1) is 21.9. The van der Waals surface area contributed by atoms with E-state index in [0.29, 0.717) is 16.7 Å². The first-order valence-electron chi connectivity index (χ1n) is 11.9. The lowest BCUT2D eigenvalue weighted by molar-refractivity contribution is 0.630. The number of benzene rings is 3. The van der Waals surface area contributed by atoms with Crippen LogP contribution in [0.15, 0.2) is 60.9 Å². The van der Waals surface area contributed by atoms with Crippen LogP contribution in [0.5, 0.6) is 0 Å². The third kappa shape index (κ3) is 3.68. The highest BCUT2D eigenvalue weighted by molar-refractivity contribution is 5.97. The summed E-state index contributed by atoms with van der Waals surface area (Å²) in [5.74, 6) is 0.536. The van der Waals surface area contributed by atoms with Gasteiger partial charge in [-0.25, -0.2) is 9.37 Å². The Hall–Kier alpha value is -4.57. The maximum atomic E-state index is 14.8. The summed E-state index contributed by atoms with van der Waals surface area (Å²) in [7, 11) is 0. The first-order valence-corrected chi connectivity index (χ1v) is 11.9. The molecule has 7 heteroatoms. The number of nitrogens with zero attached hydrogens (tertiary/aromatic N) is 5. The molecule has 1 aliphatic rings. The van der Waals surface area contributed by atoms with Crippen LogP contribution < -0.4 is 4.90 Å². The van der Waals surface area contributed by atoms with E-state index in [2.05, 4.69) is 49.3 Å². The highest BCUT2D eigenvalue weighted by atomic mass is 19.1. The third-order valence-corrected chi connectivity index (χ3v) is 6.87. The molecule has 0 atom stereocenters. The Morgan fingerprint density at radius 2 is 1.94 bits per heavy atom. The van der Waals surface area contributed by atoms with Gasteiger partial charge in [0.2, 0.25) is 0 Å². The predicted molar refractivity (Wildman–Crippen MR) is 138 cm³/mol. The number of rotatable bonds is 3. The number of H-pyrrole nitrogens is 1. The van der Waals surface area contributed by atoms with Crippen molar-refractivity contribution in [2.75, 3.05) is 11.4 Å². The monoisotopic (exact) mass is 474 g/mol. The Labute approximate surface area is 208 Å². The number of nitriles is 1. The standard InChI is InChI=1S/C29H23FN6/c1-17-4-3-5-25(30)28(17)23-12-24-26(11-21(23)13-31)34-35-29(24)20-7-6-19-8-9-36(16-22(19)10-20)27-15-32-14-18(2)33-27/h3-7,10-12,14-15H,8-9,16H2,1-2H3,(H,34,35). The number of fused-ring (bicyclic) bond motifs is 2. The van der Waals surface area contributed by atoms with Gasteiger partial charge in [0.25, 0.3) is 0 Å². The van der Waals surface area contributed by atoms with Crippen molar-refractivity contribution in [3.8, 4) is 28.5 Å². The Kier molecular flexibility index (Phi) is 5.23. The largest absolute Gasteiger partial charge is 0.351 e. The maximum absolute atomic E-state index is 14.8. The zero-order valence-corrected chi connectivity index (χ0v) is 20.0. The van der Waals surface area contributed by atoms with E-state index in [1.54, 1.807) is 18.3 Å². The van der Waals surface area contributed by atoms with Gasteiger partial charge in [-0.15, -0.1) is 0 Å². The summed E-state index contributed by atoms with van der Waals surface area (Å²) < 4.78 is 14.8. The topological polar surface area (TPSA) is 81.5 Å². The highest BCUT2D eigenvalue weighted by Crippen LogP contribution is 2.36. The molecule has 0 saturated heterocycles. The minimum Gasteiger partial charge on any atom is -0.351 e. The molecule has 1 N–H and O–H groups in total. The molecule has 0 radical (unpaired) electrons. The fourth-order valence-electron chi connectivity index (χ4n) is 5.06. The van der Waals surface area contributed by atoms with Crippen LogP contribution in [-0.2, 0) is 13.0 Å². The molecule has 6 rings (SSSR count). The SMILES string of the molecule is Cc1cncc(N2CCc3ccc(-c4n[nH]c5cc(C#N)c(-c6c(C)cccc6F)cc45)cc3C2)n1. The van der Waals surface area contributed by atoms with Gasteiger partial charge in [0.1, 0.15) is 11.6 Å². The minimum atomic E-state index is -0.344. The van der Waals surface area contributed by atoms with Gasteiger partial charge in [-0.05, 0) is 61.2 Å². The second-order valence-electron chi connectivity index (χ2n) is 9.23. The molecular weight excluding hydrogens is 451 g/mol. The van der Waals surface area contributed by atoms with Gasteiger partial charge in [0, 0.05) is 41.4 Å². The van der Waals surface area contributed by atoms with Crippen LogP contribution in [-0.4, -0.2) is 26.7 Å². The number of anilines is 1. The average molecular weight is 475 g/mol. The number of aromatic nitrogens is 4. The molecule has 176 valence electrons. The molecule has 5 aromatic rings. The zero-order valence-electron chi connectivity index (χ0n) is 20.0. The average Bonchev–Trinajstić information content (AvgIpc) is 3.30. The Morgan fingerprint density at radius 1 is 1.06 bits per heavy atom. The molecule has 2 aromatic heterocycles. The molecule has 0 bridgehead atoms. The van der Waals surface area contributed by atoms with E-state index in [0.717, 1.165) is 58.7 Å². The first-order chi connectivity index (χ1) is 17.5. The number of nitrogens with one attached hydrogen (secondary N) is 1. The quantitative estimate of drug-likeness (QED) is 0.353. The van der Waals surface area contributed by atoms with Crippen LogP contribution in [0.2, 0.25) is 0 Å². The molecular formula is C29H23FN6. The molecule has 3 heterocycles. The van der Waals surface area contributed by atoms with Crippen LogP contribution >= 0.6 is 0 Å². The second kappa shape index (κ2) is 8.58.